The van der Waals surface area contributed by atoms with E-state index in [1.807, 2.05) is 56.3 Å². The Balaban J connectivity index is 2.37. The Morgan fingerprint density at radius 2 is 1.50 bits per heavy atom. The molecule has 0 amide bonds. The number of aryl methyl sites for hydroxylation is 1. The quantitative estimate of drug-likeness (QED) is 0.743. The van der Waals surface area contributed by atoms with Crippen LogP contribution in [0.25, 0.3) is 11.4 Å². The molecule has 0 aliphatic carbocycles. The lowest BCUT2D eigenvalue weighted by atomic mass is 10.2. The Morgan fingerprint density at radius 1 is 0.864 bits per heavy atom. The van der Waals surface area contributed by atoms with Gasteiger partial charge < -0.3 is 0 Å². The maximum atomic E-state index is 12.8. The predicted molar refractivity (Wildman–Crippen MR) is 86.0 cm³/mol. The summed E-state index contributed by atoms with van der Waals surface area (Å²) in [7, 11) is 0. The minimum Gasteiger partial charge on any atom is -0.245 e. The summed E-state index contributed by atoms with van der Waals surface area (Å²) < 4.78 is 4.11. The molecule has 5 nitrogen and oxygen atoms in total. The molecule has 3 aromatic rings. The van der Waals surface area contributed by atoms with Gasteiger partial charge in [0.1, 0.15) is 0 Å². The molecule has 0 aliphatic rings. The first-order chi connectivity index (χ1) is 10.6. The van der Waals surface area contributed by atoms with Crippen molar-refractivity contribution in [3.8, 4) is 11.4 Å². The largest absolute Gasteiger partial charge is 0.356 e. The molecule has 5 heteroatoms. The van der Waals surface area contributed by atoms with Crippen molar-refractivity contribution in [1.82, 2.24) is 13.9 Å². The fraction of sp³-hybridized carbons (Fsp3) is 0.176. The number of rotatable bonds is 3. The predicted octanol–water partition coefficient (Wildman–Crippen LogP) is 2.12. The molecule has 112 valence electrons. The van der Waals surface area contributed by atoms with Gasteiger partial charge in [-0.25, -0.2) is 18.8 Å². The van der Waals surface area contributed by atoms with Crippen LogP contribution in [0.2, 0.25) is 0 Å². The molecule has 0 bridgehead atoms. The van der Waals surface area contributed by atoms with Gasteiger partial charge in [-0.1, -0.05) is 36.4 Å². The minimum absolute atomic E-state index is 0.332. The second-order valence-corrected chi connectivity index (χ2v) is 5.05. The van der Waals surface area contributed by atoms with Crippen LogP contribution in [0.1, 0.15) is 12.5 Å². The molecule has 3 rings (SSSR count). The lowest BCUT2D eigenvalue weighted by molar-refractivity contribution is 0.555. The van der Waals surface area contributed by atoms with Gasteiger partial charge in [0.25, 0.3) is 0 Å². The topological polar surface area (TPSA) is 48.9 Å². The summed E-state index contributed by atoms with van der Waals surface area (Å²) in [5.41, 5.74) is 1.56. The molecular formula is C17H17N3O2. The Kier molecular flexibility index (Phi) is 3.55. The van der Waals surface area contributed by atoms with E-state index in [1.54, 1.807) is 12.1 Å². The van der Waals surface area contributed by atoms with Crippen LogP contribution in [0.4, 0.5) is 0 Å². The van der Waals surface area contributed by atoms with Crippen molar-refractivity contribution < 1.29 is 0 Å². The summed E-state index contributed by atoms with van der Waals surface area (Å²) in [6, 6.07) is 16.5. The molecule has 0 saturated heterocycles. The van der Waals surface area contributed by atoms with E-state index in [-0.39, 0.29) is 11.4 Å². The zero-order valence-corrected chi connectivity index (χ0v) is 12.6. The monoisotopic (exact) mass is 295 g/mol. The molecule has 0 atom stereocenters. The van der Waals surface area contributed by atoms with Crippen LogP contribution in [0, 0.1) is 6.92 Å². The summed E-state index contributed by atoms with van der Waals surface area (Å²) >= 11 is 0. The van der Waals surface area contributed by atoms with Crippen molar-refractivity contribution in [1.29, 1.82) is 0 Å². The van der Waals surface area contributed by atoms with E-state index in [1.165, 1.54) is 13.9 Å². The summed E-state index contributed by atoms with van der Waals surface area (Å²) in [5.74, 6) is 0. The van der Waals surface area contributed by atoms with Gasteiger partial charge in [0.2, 0.25) is 0 Å². The van der Waals surface area contributed by atoms with Crippen molar-refractivity contribution in [3.05, 3.63) is 81.1 Å². The first-order valence-corrected chi connectivity index (χ1v) is 7.21. The van der Waals surface area contributed by atoms with Gasteiger partial charge >= 0.3 is 11.4 Å². The van der Waals surface area contributed by atoms with E-state index in [2.05, 4.69) is 0 Å². The highest BCUT2D eigenvalue weighted by Gasteiger charge is 2.18. The van der Waals surface area contributed by atoms with E-state index in [4.69, 9.17) is 0 Å². The van der Waals surface area contributed by atoms with Crippen molar-refractivity contribution in [2.45, 2.75) is 20.4 Å². The molecule has 0 saturated carbocycles. The van der Waals surface area contributed by atoms with Gasteiger partial charge in [0.15, 0.2) is 0 Å². The molecule has 22 heavy (non-hydrogen) atoms. The number of hydrogen-bond acceptors (Lipinski definition) is 2. The smallest absolute Gasteiger partial charge is 0.245 e. The summed E-state index contributed by atoms with van der Waals surface area (Å²) in [6.07, 6.45) is 0. The Morgan fingerprint density at radius 3 is 2.14 bits per heavy atom. The Labute approximate surface area is 127 Å². The van der Waals surface area contributed by atoms with Crippen molar-refractivity contribution >= 4 is 0 Å². The average molecular weight is 295 g/mol. The van der Waals surface area contributed by atoms with Crippen LogP contribution in [-0.2, 0) is 6.54 Å². The van der Waals surface area contributed by atoms with Crippen LogP contribution in [0.5, 0.6) is 0 Å². The maximum Gasteiger partial charge on any atom is 0.356 e. The third-order valence-corrected chi connectivity index (χ3v) is 3.68. The molecule has 0 radical (unpaired) electrons. The molecule has 0 fully saturated rings. The standard InChI is InChI=1S/C17H17N3O2/c1-3-18-16(21)19(14-10-5-4-6-11-14)17(22)20(18)15-12-8-7-9-13(15)2/h4-12H,3H2,1-2H3. The van der Waals surface area contributed by atoms with Crippen LogP contribution in [-0.4, -0.2) is 13.9 Å². The number of aromatic nitrogens is 3. The van der Waals surface area contributed by atoms with Crippen LogP contribution < -0.4 is 11.4 Å². The molecule has 1 heterocycles. The highest BCUT2D eigenvalue weighted by atomic mass is 16.2. The second-order valence-electron chi connectivity index (χ2n) is 5.05. The fourth-order valence-electron chi connectivity index (χ4n) is 2.59. The van der Waals surface area contributed by atoms with Crippen molar-refractivity contribution in [2.24, 2.45) is 0 Å². The lowest BCUT2D eigenvalue weighted by Crippen LogP contribution is -2.27. The molecule has 0 N–H and O–H groups in total. The first-order valence-electron chi connectivity index (χ1n) is 7.21. The third kappa shape index (κ3) is 2.11. The summed E-state index contributed by atoms with van der Waals surface area (Å²) in [6.45, 7) is 4.19. The SMILES string of the molecule is CCn1c(=O)n(-c2ccccc2)c(=O)n1-c1ccccc1C. The second kappa shape index (κ2) is 5.52. The highest BCUT2D eigenvalue weighted by Crippen LogP contribution is 2.11. The molecule has 0 aliphatic heterocycles. The normalized spacial score (nSPS) is 10.8. The van der Waals surface area contributed by atoms with Gasteiger partial charge in [0.05, 0.1) is 11.4 Å². The molecule has 1 aromatic heterocycles. The maximum absolute atomic E-state index is 12.8. The summed E-state index contributed by atoms with van der Waals surface area (Å²) in [5, 5.41) is 0. The number of para-hydroxylation sites is 2. The average Bonchev–Trinajstić information content (AvgIpc) is 2.79. The van der Waals surface area contributed by atoms with Crippen LogP contribution >= 0.6 is 0 Å². The minimum atomic E-state index is -0.354. The van der Waals surface area contributed by atoms with Crippen LogP contribution in [0.15, 0.2) is 64.2 Å². The van der Waals surface area contributed by atoms with E-state index >= 15 is 0 Å². The van der Waals surface area contributed by atoms with Crippen molar-refractivity contribution in [3.63, 3.8) is 0 Å². The lowest BCUT2D eigenvalue weighted by Gasteiger charge is -2.09. The summed E-state index contributed by atoms with van der Waals surface area (Å²) in [4.78, 5) is 25.5. The fourth-order valence-corrected chi connectivity index (χ4v) is 2.59. The van der Waals surface area contributed by atoms with E-state index in [0.29, 0.717) is 12.2 Å². The van der Waals surface area contributed by atoms with Gasteiger partial charge in [-0.2, -0.15) is 4.68 Å². The first kappa shape index (κ1) is 14.1. The highest BCUT2D eigenvalue weighted by molar-refractivity contribution is 5.40. The van der Waals surface area contributed by atoms with Crippen molar-refractivity contribution in [2.75, 3.05) is 0 Å². The Bertz CT molecular complexity index is 917. The van der Waals surface area contributed by atoms with Gasteiger partial charge in [-0.3, -0.25) is 0 Å². The van der Waals surface area contributed by atoms with E-state index in [9.17, 15) is 9.59 Å². The third-order valence-electron chi connectivity index (χ3n) is 3.68. The van der Waals surface area contributed by atoms with Gasteiger partial charge in [-0.15, -0.1) is 0 Å². The van der Waals surface area contributed by atoms with Gasteiger partial charge in [0, 0.05) is 6.54 Å². The zero-order chi connectivity index (χ0) is 15.7. The zero-order valence-electron chi connectivity index (χ0n) is 12.6. The number of hydrogen-bond donors (Lipinski definition) is 0. The number of nitrogens with zero attached hydrogens (tertiary/aromatic N) is 3. The number of benzene rings is 2. The van der Waals surface area contributed by atoms with Crippen LogP contribution in [0.3, 0.4) is 0 Å². The van der Waals surface area contributed by atoms with E-state index in [0.717, 1.165) is 11.3 Å². The molecule has 0 spiro atoms. The van der Waals surface area contributed by atoms with E-state index < -0.39 is 0 Å². The molecular weight excluding hydrogens is 278 g/mol. The van der Waals surface area contributed by atoms with Gasteiger partial charge in [-0.05, 0) is 37.6 Å². The Hall–Kier alpha value is -2.82. The molecule has 0 unspecified atom stereocenters. The molecule has 2 aromatic carbocycles.